The minimum atomic E-state index is -0.0934. The minimum absolute atomic E-state index is 0.0934. The molecular formula is C21H30N4O3. The van der Waals surface area contributed by atoms with E-state index < -0.39 is 0 Å². The van der Waals surface area contributed by atoms with Gasteiger partial charge in [-0.3, -0.25) is 4.79 Å². The van der Waals surface area contributed by atoms with Gasteiger partial charge in [-0.25, -0.2) is 4.68 Å². The van der Waals surface area contributed by atoms with Gasteiger partial charge in [0.15, 0.2) is 0 Å². The van der Waals surface area contributed by atoms with Crippen LogP contribution in [0.4, 0.5) is 0 Å². The van der Waals surface area contributed by atoms with E-state index in [-0.39, 0.29) is 5.91 Å². The van der Waals surface area contributed by atoms with E-state index in [0.29, 0.717) is 18.0 Å². The molecular weight excluding hydrogens is 356 g/mol. The van der Waals surface area contributed by atoms with Crippen LogP contribution in [0.1, 0.15) is 28.9 Å². The van der Waals surface area contributed by atoms with E-state index in [0.717, 1.165) is 43.4 Å². The maximum absolute atomic E-state index is 12.6. The number of benzene rings is 1. The number of para-hydroxylation sites is 2. The van der Waals surface area contributed by atoms with Gasteiger partial charge in [-0.15, -0.1) is 0 Å². The molecule has 2 aromatic rings. The Morgan fingerprint density at radius 1 is 1.32 bits per heavy atom. The third kappa shape index (κ3) is 4.72. The molecule has 1 atom stereocenters. The molecule has 0 spiro atoms. The zero-order valence-electron chi connectivity index (χ0n) is 17.0. The molecule has 1 aromatic heterocycles. The van der Waals surface area contributed by atoms with Crippen molar-refractivity contribution in [3.63, 3.8) is 0 Å². The summed E-state index contributed by atoms with van der Waals surface area (Å²) in [6, 6.07) is 7.64. The molecule has 0 saturated carbocycles. The number of methoxy groups -OCH3 is 2. The Morgan fingerprint density at radius 2 is 2.14 bits per heavy atom. The predicted octanol–water partition coefficient (Wildman–Crippen LogP) is 2.28. The molecule has 2 heterocycles. The number of amides is 1. The van der Waals surface area contributed by atoms with Crippen LogP contribution >= 0.6 is 0 Å². The second kappa shape index (κ2) is 9.71. The molecule has 0 unspecified atom stereocenters. The van der Waals surface area contributed by atoms with E-state index in [9.17, 15) is 4.79 Å². The summed E-state index contributed by atoms with van der Waals surface area (Å²) in [6.45, 7) is 6.30. The number of rotatable bonds is 8. The molecule has 1 N–H and O–H groups in total. The largest absolute Gasteiger partial charge is 0.494 e. The van der Waals surface area contributed by atoms with Gasteiger partial charge < -0.3 is 19.7 Å². The van der Waals surface area contributed by atoms with E-state index in [2.05, 4.69) is 15.3 Å². The van der Waals surface area contributed by atoms with Gasteiger partial charge in [0.05, 0.1) is 31.2 Å². The Bertz CT molecular complexity index is 788. The summed E-state index contributed by atoms with van der Waals surface area (Å²) in [6.07, 6.45) is 4.03. The fourth-order valence-electron chi connectivity index (χ4n) is 3.83. The van der Waals surface area contributed by atoms with Gasteiger partial charge in [-0.2, -0.15) is 5.10 Å². The standard InChI is InChI=1S/C21H30N4O3/c1-16-18(13-23-25(16)19-8-4-5-9-20(19)28-3)21(26)22-10-12-24-11-6-7-17(14-24)15-27-2/h4-5,8-9,13,17H,6-7,10-12,14-15H2,1-3H3,(H,22,26)/t17-/m1/s1. The lowest BCUT2D eigenvalue weighted by Crippen LogP contribution is -2.41. The number of nitrogens with one attached hydrogen (secondary N) is 1. The predicted molar refractivity (Wildman–Crippen MR) is 108 cm³/mol. The highest BCUT2D eigenvalue weighted by Crippen LogP contribution is 2.24. The molecule has 3 rings (SSSR count). The number of piperidine rings is 1. The Kier molecular flexibility index (Phi) is 7.06. The first-order valence-corrected chi connectivity index (χ1v) is 9.81. The second-order valence-corrected chi connectivity index (χ2v) is 7.25. The normalized spacial score (nSPS) is 17.5. The number of likely N-dealkylation sites (tertiary alicyclic amines) is 1. The van der Waals surface area contributed by atoms with Crippen molar-refractivity contribution in [3.05, 3.63) is 41.7 Å². The van der Waals surface area contributed by atoms with Crippen molar-refractivity contribution in [2.24, 2.45) is 5.92 Å². The van der Waals surface area contributed by atoms with Gasteiger partial charge in [-0.05, 0) is 44.4 Å². The van der Waals surface area contributed by atoms with Crippen LogP contribution in [0.5, 0.6) is 5.75 Å². The van der Waals surface area contributed by atoms with Gasteiger partial charge in [0.25, 0.3) is 5.91 Å². The molecule has 0 aliphatic carbocycles. The van der Waals surface area contributed by atoms with E-state index in [4.69, 9.17) is 9.47 Å². The van der Waals surface area contributed by atoms with Gasteiger partial charge in [0.1, 0.15) is 11.4 Å². The summed E-state index contributed by atoms with van der Waals surface area (Å²) in [5.41, 5.74) is 2.20. The first-order chi connectivity index (χ1) is 13.6. The summed E-state index contributed by atoms with van der Waals surface area (Å²) >= 11 is 0. The van der Waals surface area contributed by atoms with E-state index in [1.54, 1.807) is 25.1 Å². The smallest absolute Gasteiger partial charge is 0.254 e. The van der Waals surface area contributed by atoms with Crippen molar-refractivity contribution in [1.82, 2.24) is 20.0 Å². The van der Waals surface area contributed by atoms with Crippen LogP contribution in [0, 0.1) is 12.8 Å². The maximum atomic E-state index is 12.6. The van der Waals surface area contributed by atoms with Crippen LogP contribution in [0.2, 0.25) is 0 Å². The third-order valence-corrected chi connectivity index (χ3v) is 5.29. The monoisotopic (exact) mass is 386 g/mol. The van der Waals surface area contributed by atoms with E-state index in [1.165, 1.54) is 12.8 Å². The maximum Gasteiger partial charge on any atom is 0.254 e. The topological polar surface area (TPSA) is 68.6 Å². The Hall–Kier alpha value is -2.38. The fraction of sp³-hybridized carbons (Fsp3) is 0.524. The molecule has 1 aliphatic heterocycles. The third-order valence-electron chi connectivity index (χ3n) is 5.29. The second-order valence-electron chi connectivity index (χ2n) is 7.25. The molecule has 0 radical (unpaired) electrons. The van der Waals surface area contributed by atoms with Gasteiger partial charge in [0.2, 0.25) is 0 Å². The van der Waals surface area contributed by atoms with Crippen molar-refractivity contribution in [1.29, 1.82) is 0 Å². The SMILES string of the molecule is COC[C@@H]1CCCN(CCNC(=O)c2cnn(-c3ccccc3OC)c2C)C1. The highest BCUT2D eigenvalue weighted by atomic mass is 16.5. The van der Waals surface area contributed by atoms with Crippen molar-refractivity contribution < 1.29 is 14.3 Å². The van der Waals surface area contributed by atoms with Crippen LogP contribution in [0.3, 0.4) is 0 Å². The number of hydrogen-bond acceptors (Lipinski definition) is 5. The summed E-state index contributed by atoms with van der Waals surface area (Å²) in [5.74, 6) is 1.22. The fourth-order valence-corrected chi connectivity index (χ4v) is 3.83. The van der Waals surface area contributed by atoms with E-state index >= 15 is 0 Å². The molecule has 1 aromatic carbocycles. The molecule has 152 valence electrons. The average molecular weight is 386 g/mol. The van der Waals surface area contributed by atoms with E-state index in [1.807, 2.05) is 31.2 Å². The Labute approximate surface area is 166 Å². The zero-order chi connectivity index (χ0) is 19.9. The molecule has 1 amide bonds. The first kappa shape index (κ1) is 20.4. The molecule has 1 aliphatic rings. The highest BCUT2D eigenvalue weighted by Gasteiger charge is 2.20. The number of carbonyl (C=O) groups excluding carboxylic acids is 1. The van der Waals surface area contributed by atoms with Crippen LogP contribution in [0.15, 0.2) is 30.5 Å². The lowest BCUT2D eigenvalue weighted by atomic mass is 9.99. The number of ether oxygens (including phenoxy) is 2. The summed E-state index contributed by atoms with van der Waals surface area (Å²) in [4.78, 5) is 15.0. The molecule has 0 bridgehead atoms. The Morgan fingerprint density at radius 3 is 2.93 bits per heavy atom. The van der Waals surface area contributed by atoms with Crippen molar-refractivity contribution in [3.8, 4) is 11.4 Å². The highest BCUT2D eigenvalue weighted by molar-refractivity contribution is 5.95. The molecule has 7 heteroatoms. The molecule has 1 saturated heterocycles. The number of carbonyl (C=O) groups is 1. The van der Waals surface area contributed by atoms with Crippen LogP contribution < -0.4 is 10.1 Å². The van der Waals surface area contributed by atoms with Crippen LogP contribution in [-0.2, 0) is 4.74 Å². The van der Waals surface area contributed by atoms with Crippen LogP contribution in [-0.4, -0.2) is 67.6 Å². The average Bonchev–Trinajstić information content (AvgIpc) is 3.09. The van der Waals surface area contributed by atoms with Gasteiger partial charge in [0, 0.05) is 26.7 Å². The summed E-state index contributed by atoms with van der Waals surface area (Å²) < 4.78 is 12.4. The first-order valence-electron chi connectivity index (χ1n) is 9.81. The Balaban J connectivity index is 1.57. The number of nitrogens with zero attached hydrogens (tertiary/aromatic N) is 3. The minimum Gasteiger partial charge on any atom is -0.494 e. The summed E-state index contributed by atoms with van der Waals surface area (Å²) in [7, 11) is 3.38. The van der Waals surface area contributed by atoms with Crippen molar-refractivity contribution in [2.45, 2.75) is 19.8 Å². The van der Waals surface area contributed by atoms with Gasteiger partial charge in [-0.1, -0.05) is 12.1 Å². The lowest BCUT2D eigenvalue weighted by Gasteiger charge is -2.32. The van der Waals surface area contributed by atoms with Gasteiger partial charge >= 0.3 is 0 Å². The van der Waals surface area contributed by atoms with Crippen LogP contribution in [0.25, 0.3) is 5.69 Å². The lowest BCUT2D eigenvalue weighted by molar-refractivity contribution is 0.0866. The van der Waals surface area contributed by atoms with Crippen molar-refractivity contribution in [2.75, 3.05) is 47.0 Å². The van der Waals surface area contributed by atoms with Crippen molar-refractivity contribution >= 4 is 5.91 Å². The number of hydrogen-bond donors (Lipinski definition) is 1. The quantitative estimate of drug-likeness (QED) is 0.754. The molecule has 28 heavy (non-hydrogen) atoms. The summed E-state index contributed by atoms with van der Waals surface area (Å²) in [5, 5.41) is 7.43. The zero-order valence-corrected chi connectivity index (χ0v) is 17.0. The molecule has 7 nitrogen and oxygen atoms in total. The number of aromatic nitrogens is 2. The molecule has 1 fully saturated rings.